The van der Waals surface area contributed by atoms with Crippen LogP contribution in [0.5, 0.6) is 0 Å². The van der Waals surface area contributed by atoms with Crippen LogP contribution in [0.1, 0.15) is 5.56 Å². The van der Waals surface area contributed by atoms with E-state index in [1.807, 2.05) is 0 Å². The molecule has 1 aromatic rings. The van der Waals surface area contributed by atoms with E-state index in [2.05, 4.69) is 22.5 Å². The van der Waals surface area contributed by atoms with Crippen molar-refractivity contribution in [1.29, 1.82) is 0 Å². The van der Waals surface area contributed by atoms with Crippen molar-refractivity contribution in [2.75, 3.05) is 0 Å². The van der Waals surface area contributed by atoms with Crippen LogP contribution in [0.15, 0.2) is 41.4 Å². The minimum absolute atomic E-state index is 0.0405. The molecular weight excluding hydrogens is 238 g/mol. The molecule has 1 rings (SSSR count). The molecule has 0 atom stereocenters. The van der Waals surface area contributed by atoms with Crippen LogP contribution in [0.25, 0.3) is 0 Å². The van der Waals surface area contributed by atoms with Gasteiger partial charge in [-0.05, 0) is 17.7 Å². The van der Waals surface area contributed by atoms with Crippen LogP contribution in [-0.2, 0) is 0 Å². The zero-order valence-corrected chi connectivity index (χ0v) is 8.39. The maximum atomic E-state index is 12.4. The summed E-state index contributed by atoms with van der Waals surface area (Å²) in [7, 11) is 0. The zero-order chi connectivity index (χ0) is 9.84. The minimum Gasteiger partial charge on any atom is -0.209 e. The summed E-state index contributed by atoms with van der Waals surface area (Å²) in [4.78, 5) is 0. The fraction of sp³-hybridized carbons (Fsp3) is 0.100. The number of rotatable bonds is 3. The van der Waals surface area contributed by atoms with Crippen molar-refractivity contribution in [3.8, 4) is 0 Å². The van der Waals surface area contributed by atoms with Gasteiger partial charge in [-0.1, -0.05) is 34.1 Å². The van der Waals surface area contributed by atoms with Crippen molar-refractivity contribution < 1.29 is 8.78 Å². The Kier molecular flexibility index (Phi) is 3.60. The van der Waals surface area contributed by atoms with Gasteiger partial charge >= 0.3 is 0 Å². The second kappa shape index (κ2) is 4.51. The first-order chi connectivity index (χ1) is 6.15. The molecular formula is C10H8BrF2. The Labute approximate surface area is 84.4 Å². The van der Waals surface area contributed by atoms with Crippen molar-refractivity contribution >= 4 is 15.9 Å². The minimum atomic E-state index is -2.48. The summed E-state index contributed by atoms with van der Waals surface area (Å²) in [5, 5.41) is 0. The highest BCUT2D eigenvalue weighted by Gasteiger charge is 2.19. The Balaban J connectivity index is 2.98. The molecule has 0 saturated carbocycles. The summed E-state index contributed by atoms with van der Waals surface area (Å²) in [5.74, 6) is -0.0405. The van der Waals surface area contributed by atoms with Crippen molar-refractivity contribution in [2.24, 2.45) is 0 Å². The van der Waals surface area contributed by atoms with Gasteiger partial charge < -0.3 is 0 Å². The summed E-state index contributed by atoms with van der Waals surface area (Å²) >= 11 is 3.22. The largest absolute Gasteiger partial charge is 0.252 e. The molecule has 0 bridgehead atoms. The average Bonchev–Trinajstić information content (AvgIpc) is 2.04. The lowest BCUT2D eigenvalue weighted by atomic mass is 10.0. The molecule has 0 spiro atoms. The Morgan fingerprint density at radius 1 is 1.46 bits per heavy atom. The van der Waals surface area contributed by atoms with Gasteiger partial charge in [-0.15, -0.1) is 6.58 Å². The quantitative estimate of drug-likeness (QED) is 0.760. The fourth-order valence-corrected chi connectivity index (χ4v) is 1.40. The standard InChI is InChI=1S/C10H8BrF2/c1-2-9(10(12)13)7-4-3-5-8(11)6-7/h2-6,10H,1H2. The predicted molar refractivity (Wildman–Crippen MR) is 52.7 cm³/mol. The maximum Gasteiger partial charge on any atom is 0.252 e. The summed E-state index contributed by atoms with van der Waals surface area (Å²) in [5.41, 5.74) is 0.499. The van der Waals surface area contributed by atoms with Crippen molar-refractivity contribution in [1.82, 2.24) is 0 Å². The fourth-order valence-electron chi connectivity index (χ4n) is 1.00. The van der Waals surface area contributed by atoms with E-state index in [0.717, 1.165) is 4.47 Å². The van der Waals surface area contributed by atoms with E-state index in [1.54, 1.807) is 24.3 Å². The molecule has 0 heterocycles. The molecule has 1 radical (unpaired) electrons. The van der Waals surface area contributed by atoms with E-state index < -0.39 is 6.43 Å². The van der Waals surface area contributed by atoms with Crippen LogP contribution in [0.2, 0.25) is 0 Å². The van der Waals surface area contributed by atoms with Crippen LogP contribution in [0.3, 0.4) is 0 Å². The number of hydrogen-bond acceptors (Lipinski definition) is 0. The molecule has 0 N–H and O–H groups in total. The van der Waals surface area contributed by atoms with Gasteiger partial charge in [-0.2, -0.15) is 0 Å². The van der Waals surface area contributed by atoms with E-state index in [0.29, 0.717) is 5.56 Å². The van der Waals surface area contributed by atoms with Crippen molar-refractivity contribution in [3.63, 3.8) is 0 Å². The lowest BCUT2D eigenvalue weighted by Gasteiger charge is -2.10. The molecule has 0 amide bonds. The number of halogens is 3. The molecule has 13 heavy (non-hydrogen) atoms. The van der Waals surface area contributed by atoms with Gasteiger partial charge in [0.1, 0.15) is 0 Å². The van der Waals surface area contributed by atoms with Gasteiger partial charge in [-0.25, -0.2) is 8.78 Å². The third-order valence-electron chi connectivity index (χ3n) is 1.61. The Morgan fingerprint density at radius 3 is 2.62 bits per heavy atom. The SMILES string of the molecule is C=C[C](c1cccc(Br)c1)C(F)F. The number of hydrogen-bond donors (Lipinski definition) is 0. The van der Waals surface area contributed by atoms with Crippen LogP contribution in [0, 0.1) is 5.92 Å². The van der Waals surface area contributed by atoms with Gasteiger partial charge in [0.15, 0.2) is 0 Å². The highest BCUT2D eigenvalue weighted by atomic mass is 79.9. The molecule has 0 unspecified atom stereocenters. The number of benzene rings is 1. The molecule has 0 aliphatic carbocycles. The predicted octanol–water partition coefficient (Wildman–Crippen LogP) is 3.82. The number of alkyl halides is 2. The highest BCUT2D eigenvalue weighted by molar-refractivity contribution is 9.10. The summed E-state index contributed by atoms with van der Waals surface area (Å²) in [6.07, 6.45) is -1.29. The second-order valence-electron chi connectivity index (χ2n) is 2.47. The first kappa shape index (κ1) is 10.4. The molecule has 69 valence electrons. The van der Waals surface area contributed by atoms with Gasteiger partial charge in [-0.3, -0.25) is 0 Å². The molecule has 0 aliphatic rings. The Hall–Kier alpha value is -0.700. The normalized spacial score (nSPS) is 10.8. The Morgan fingerprint density at radius 2 is 2.15 bits per heavy atom. The van der Waals surface area contributed by atoms with Gasteiger partial charge in [0.2, 0.25) is 0 Å². The maximum absolute atomic E-state index is 12.4. The van der Waals surface area contributed by atoms with Crippen LogP contribution in [-0.4, -0.2) is 6.43 Å². The molecule has 3 heteroatoms. The van der Waals surface area contributed by atoms with E-state index in [1.165, 1.54) is 6.08 Å². The third-order valence-corrected chi connectivity index (χ3v) is 2.11. The molecule has 0 nitrogen and oxygen atoms in total. The first-order valence-corrected chi connectivity index (χ1v) is 4.48. The Bertz CT molecular complexity index is 297. The van der Waals surface area contributed by atoms with E-state index in [-0.39, 0.29) is 5.92 Å². The molecule has 0 aromatic heterocycles. The summed E-state index contributed by atoms with van der Waals surface area (Å²) in [6, 6.07) is 6.78. The average molecular weight is 246 g/mol. The highest BCUT2D eigenvalue weighted by Crippen LogP contribution is 2.25. The van der Waals surface area contributed by atoms with E-state index in [9.17, 15) is 8.78 Å². The molecule has 0 saturated heterocycles. The van der Waals surface area contributed by atoms with E-state index in [4.69, 9.17) is 0 Å². The lowest BCUT2D eigenvalue weighted by Crippen LogP contribution is -2.06. The topological polar surface area (TPSA) is 0 Å². The summed E-state index contributed by atoms with van der Waals surface area (Å²) in [6.45, 7) is 3.36. The molecule has 0 fully saturated rings. The second-order valence-corrected chi connectivity index (χ2v) is 3.39. The smallest absolute Gasteiger partial charge is 0.209 e. The van der Waals surface area contributed by atoms with Gasteiger partial charge in [0.05, 0.1) is 5.92 Å². The monoisotopic (exact) mass is 245 g/mol. The van der Waals surface area contributed by atoms with Crippen LogP contribution < -0.4 is 0 Å². The van der Waals surface area contributed by atoms with Crippen LogP contribution >= 0.6 is 15.9 Å². The van der Waals surface area contributed by atoms with Gasteiger partial charge in [0, 0.05) is 4.47 Å². The third kappa shape index (κ3) is 2.62. The van der Waals surface area contributed by atoms with E-state index >= 15 is 0 Å². The van der Waals surface area contributed by atoms with Crippen LogP contribution in [0.4, 0.5) is 8.78 Å². The van der Waals surface area contributed by atoms with Crippen molar-refractivity contribution in [2.45, 2.75) is 6.43 Å². The van der Waals surface area contributed by atoms with Gasteiger partial charge in [0.25, 0.3) is 6.43 Å². The molecule has 1 aromatic carbocycles. The molecule has 0 aliphatic heterocycles. The lowest BCUT2D eigenvalue weighted by molar-refractivity contribution is 0.175. The number of allylic oxidation sites excluding steroid dienone is 1. The van der Waals surface area contributed by atoms with Crippen molar-refractivity contribution in [3.05, 3.63) is 52.9 Å². The summed E-state index contributed by atoms with van der Waals surface area (Å²) < 4.78 is 25.6. The first-order valence-electron chi connectivity index (χ1n) is 3.68. The zero-order valence-electron chi connectivity index (χ0n) is 6.81.